The van der Waals surface area contributed by atoms with E-state index in [2.05, 4.69) is 20.4 Å². The molecule has 0 bridgehead atoms. The van der Waals surface area contributed by atoms with Crippen LogP contribution in [0, 0.1) is 13.8 Å². The van der Waals surface area contributed by atoms with E-state index in [1.54, 1.807) is 23.9 Å². The van der Waals surface area contributed by atoms with E-state index in [1.807, 2.05) is 31.2 Å². The fourth-order valence-electron chi connectivity index (χ4n) is 2.46. The Morgan fingerprint density at radius 1 is 1.20 bits per heavy atom. The zero-order valence-electron chi connectivity index (χ0n) is 14.1. The predicted molar refractivity (Wildman–Crippen MR) is 94.2 cm³/mol. The van der Waals surface area contributed by atoms with Crippen LogP contribution in [0.4, 0.5) is 5.82 Å². The van der Waals surface area contributed by atoms with Gasteiger partial charge in [0.2, 0.25) is 0 Å². The van der Waals surface area contributed by atoms with E-state index in [9.17, 15) is 9.90 Å². The van der Waals surface area contributed by atoms with Crippen LogP contribution >= 0.6 is 0 Å². The Kier molecular flexibility index (Phi) is 4.85. The van der Waals surface area contributed by atoms with E-state index < -0.39 is 0 Å². The summed E-state index contributed by atoms with van der Waals surface area (Å²) in [6.07, 6.45) is 2.97. The second-order valence-corrected chi connectivity index (χ2v) is 5.67. The van der Waals surface area contributed by atoms with Gasteiger partial charge in [-0.15, -0.1) is 0 Å². The number of carbonyl (C=O) groups excluding carboxylic acids is 1. The average molecular weight is 337 g/mol. The van der Waals surface area contributed by atoms with Crippen molar-refractivity contribution in [3.05, 3.63) is 59.7 Å². The van der Waals surface area contributed by atoms with Crippen LogP contribution in [0.3, 0.4) is 0 Å². The molecule has 0 spiro atoms. The van der Waals surface area contributed by atoms with E-state index >= 15 is 0 Å². The van der Waals surface area contributed by atoms with Crippen LogP contribution in [-0.2, 0) is 6.54 Å². The summed E-state index contributed by atoms with van der Waals surface area (Å²) in [4.78, 5) is 20.5. The first-order valence-corrected chi connectivity index (χ1v) is 7.93. The van der Waals surface area contributed by atoms with E-state index in [1.165, 1.54) is 6.20 Å². The summed E-state index contributed by atoms with van der Waals surface area (Å²) < 4.78 is 1.57. The molecule has 3 rings (SSSR count). The molecule has 2 aromatic heterocycles. The zero-order chi connectivity index (χ0) is 17.8. The Bertz CT molecular complexity index is 887. The third-order valence-electron chi connectivity index (χ3n) is 3.77. The number of rotatable bonds is 5. The van der Waals surface area contributed by atoms with Crippen molar-refractivity contribution in [3.63, 3.8) is 0 Å². The molecule has 0 fully saturated rings. The molecule has 2 N–H and O–H groups in total. The number of nitrogens with one attached hydrogen (secondary N) is 1. The van der Waals surface area contributed by atoms with Crippen molar-refractivity contribution >= 4 is 11.7 Å². The van der Waals surface area contributed by atoms with Gasteiger partial charge in [-0.2, -0.15) is 5.10 Å². The summed E-state index contributed by atoms with van der Waals surface area (Å²) in [5.41, 5.74) is 3.75. The Labute approximate surface area is 145 Å². The number of anilines is 1. The minimum absolute atomic E-state index is 0.0813. The third kappa shape index (κ3) is 3.72. The van der Waals surface area contributed by atoms with Gasteiger partial charge in [-0.25, -0.2) is 9.67 Å². The third-order valence-corrected chi connectivity index (χ3v) is 3.77. The molecule has 1 amide bonds. The number of nitrogens with zero attached hydrogens (tertiary/aromatic N) is 4. The largest absolute Gasteiger partial charge is 0.394 e. The number of hydrogen-bond donors (Lipinski definition) is 2. The van der Waals surface area contributed by atoms with Crippen molar-refractivity contribution in [2.24, 2.45) is 0 Å². The maximum atomic E-state index is 12.4. The molecule has 0 saturated heterocycles. The fourth-order valence-corrected chi connectivity index (χ4v) is 2.46. The Morgan fingerprint density at radius 2 is 2.00 bits per heavy atom. The van der Waals surface area contributed by atoms with Crippen molar-refractivity contribution < 1.29 is 9.90 Å². The molecule has 7 nitrogen and oxygen atoms in total. The molecule has 2 heterocycles. The molecule has 0 aliphatic carbocycles. The van der Waals surface area contributed by atoms with Crippen LogP contribution in [0.5, 0.6) is 0 Å². The molecule has 7 heteroatoms. The minimum Gasteiger partial charge on any atom is -0.394 e. The number of aliphatic hydroxyl groups excluding tert-OH is 1. The summed E-state index contributed by atoms with van der Waals surface area (Å²) >= 11 is 0. The average Bonchev–Trinajstić information content (AvgIpc) is 2.98. The number of hydrogen-bond acceptors (Lipinski definition) is 5. The van der Waals surface area contributed by atoms with Gasteiger partial charge >= 0.3 is 0 Å². The predicted octanol–water partition coefficient (Wildman–Crippen LogP) is 2.20. The number of amides is 1. The Morgan fingerprint density at radius 3 is 2.68 bits per heavy atom. The Hall–Kier alpha value is -3.06. The van der Waals surface area contributed by atoms with Crippen molar-refractivity contribution in [2.75, 3.05) is 11.9 Å². The number of carbonyl (C=O) groups is 1. The highest BCUT2D eigenvalue weighted by Gasteiger charge is 2.15. The van der Waals surface area contributed by atoms with Crippen molar-refractivity contribution in [3.8, 4) is 11.3 Å². The normalized spacial score (nSPS) is 10.7. The molecule has 128 valence electrons. The molecular weight excluding hydrogens is 318 g/mol. The molecule has 3 aromatic rings. The van der Waals surface area contributed by atoms with E-state index in [0.717, 1.165) is 22.5 Å². The molecule has 0 aliphatic rings. The van der Waals surface area contributed by atoms with Gasteiger partial charge in [0.1, 0.15) is 11.5 Å². The lowest BCUT2D eigenvalue weighted by molar-refractivity contribution is 0.102. The van der Waals surface area contributed by atoms with Gasteiger partial charge in [0.15, 0.2) is 0 Å². The summed E-state index contributed by atoms with van der Waals surface area (Å²) in [5.74, 6) is 0.127. The van der Waals surface area contributed by atoms with Crippen LogP contribution in [0.15, 0.2) is 42.7 Å². The van der Waals surface area contributed by atoms with Gasteiger partial charge in [0, 0.05) is 17.8 Å². The number of aromatic nitrogens is 4. The monoisotopic (exact) mass is 337 g/mol. The molecule has 0 atom stereocenters. The minimum atomic E-state index is -0.372. The second-order valence-electron chi connectivity index (χ2n) is 5.67. The number of benzene rings is 1. The van der Waals surface area contributed by atoms with E-state index in [0.29, 0.717) is 5.82 Å². The maximum absolute atomic E-state index is 12.4. The fraction of sp³-hybridized carbons (Fsp3) is 0.222. The molecule has 0 aliphatic heterocycles. The second kappa shape index (κ2) is 7.23. The standard InChI is InChI=1S/C18H19N5O2/c1-12-5-3-4-6-14(12)15-9-17(23(22-15)7-8-24)21-18(25)16-11-19-13(2)10-20-16/h3-6,9-11,24H,7-8H2,1-2H3,(H,21,25). The number of aliphatic hydroxyl groups is 1. The first-order chi connectivity index (χ1) is 12.1. The highest BCUT2D eigenvalue weighted by molar-refractivity contribution is 6.02. The molecule has 0 radical (unpaired) electrons. The van der Waals surface area contributed by atoms with Gasteiger partial charge < -0.3 is 10.4 Å². The summed E-state index contributed by atoms with van der Waals surface area (Å²) in [7, 11) is 0. The van der Waals surface area contributed by atoms with Crippen molar-refractivity contribution in [1.29, 1.82) is 0 Å². The van der Waals surface area contributed by atoms with Gasteiger partial charge in [0.05, 0.1) is 30.7 Å². The van der Waals surface area contributed by atoms with E-state index in [4.69, 9.17) is 0 Å². The van der Waals surface area contributed by atoms with E-state index in [-0.39, 0.29) is 24.8 Å². The van der Waals surface area contributed by atoms with Crippen LogP contribution in [-0.4, -0.2) is 37.4 Å². The lowest BCUT2D eigenvalue weighted by Crippen LogP contribution is -2.18. The van der Waals surface area contributed by atoms with Gasteiger partial charge in [-0.1, -0.05) is 24.3 Å². The quantitative estimate of drug-likeness (QED) is 0.744. The lowest BCUT2D eigenvalue weighted by Gasteiger charge is -2.07. The smallest absolute Gasteiger partial charge is 0.277 e. The van der Waals surface area contributed by atoms with Gasteiger partial charge in [0.25, 0.3) is 5.91 Å². The van der Waals surface area contributed by atoms with Gasteiger partial charge in [-0.3, -0.25) is 9.78 Å². The highest BCUT2D eigenvalue weighted by atomic mass is 16.3. The highest BCUT2D eigenvalue weighted by Crippen LogP contribution is 2.25. The van der Waals surface area contributed by atoms with Crippen LogP contribution in [0.1, 0.15) is 21.7 Å². The zero-order valence-corrected chi connectivity index (χ0v) is 14.1. The van der Waals surface area contributed by atoms with Crippen molar-refractivity contribution in [2.45, 2.75) is 20.4 Å². The summed E-state index contributed by atoms with van der Waals surface area (Å²) in [6.45, 7) is 4.00. The first-order valence-electron chi connectivity index (χ1n) is 7.93. The maximum Gasteiger partial charge on any atom is 0.277 e. The molecule has 0 unspecified atom stereocenters. The SMILES string of the molecule is Cc1cnc(C(=O)Nc2cc(-c3ccccc3C)nn2CCO)cn1. The summed E-state index contributed by atoms with van der Waals surface area (Å²) in [5, 5.41) is 16.6. The lowest BCUT2D eigenvalue weighted by atomic mass is 10.1. The van der Waals surface area contributed by atoms with Crippen LogP contribution in [0.2, 0.25) is 0 Å². The first kappa shape index (κ1) is 16.8. The Balaban J connectivity index is 1.91. The van der Waals surface area contributed by atoms with Crippen molar-refractivity contribution in [1.82, 2.24) is 19.7 Å². The van der Waals surface area contributed by atoms with Gasteiger partial charge in [-0.05, 0) is 19.4 Å². The van der Waals surface area contributed by atoms with Crippen LogP contribution < -0.4 is 5.32 Å². The topological polar surface area (TPSA) is 92.9 Å². The molecule has 1 aromatic carbocycles. The molecule has 0 saturated carbocycles. The number of aryl methyl sites for hydroxylation is 2. The summed E-state index contributed by atoms with van der Waals surface area (Å²) in [6, 6.07) is 9.66. The molecule has 25 heavy (non-hydrogen) atoms. The van der Waals surface area contributed by atoms with Crippen LogP contribution in [0.25, 0.3) is 11.3 Å². The molecular formula is C18H19N5O2.